The number of ether oxygens (including phenoxy) is 5. The topological polar surface area (TPSA) is 113 Å². The van der Waals surface area contributed by atoms with Crippen molar-refractivity contribution in [2.24, 2.45) is 4.99 Å². The maximum absolute atomic E-state index is 14.7. The van der Waals surface area contributed by atoms with E-state index in [1.54, 1.807) is 48.5 Å². The SMILES string of the molecule is CC(=O)O[C@H]1[C@H](OCc2ccccc2)[C@@H](N2C(=O)c3ccccc3C2=O)[C@H](OC(=Nc2ccccc2)C(F)(F)F)O[C@@H]1COCc1ccccc1. The molecule has 1 fully saturated rings. The molecule has 0 saturated carbocycles. The van der Waals surface area contributed by atoms with Crippen molar-refractivity contribution in [1.82, 2.24) is 4.90 Å². The van der Waals surface area contributed by atoms with E-state index in [0.717, 1.165) is 17.4 Å². The quantitative estimate of drug-likeness (QED) is 0.0762. The normalized spacial score (nSPS) is 22.1. The van der Waals surface area contributed by atoms with Crippen LogP contribution >= 0.6 is 0 Å². The van der Waals surface area contributed by atoms with Crippen molar-refractivity contribution < 1.29 is 51.2 Å². The Morgan fingerprint density at radius 1 is 0.745 bits per heavy atom. The standard InChI is InChI=1S/C38H33F3N2O8/c1-24(44)49-32-30(23-47-21-25-13-5-2-6-14-25)50-36(51-37(38(39,40)41)42-27-17-9-4-10-18-27)31(33(32)48-22-26-15-7-3-8-16-26)43-34(45)28-19-11-12-20-29(28)35(43)46/h2-20,30-33,36H,21-23H2,1H3/t30-,31-,32-,33-,36+/m1/s1. The number of fused-ring (bicyclic) bond motifs is 1. The Labute approximate surface area is 291 Å². The van der Waals surface area contributed by atoms with Crippen molar-refractivity contribution in [2.75, 3.05) is 6.61 Å². The summed E-state index contributed by atoms with van der Waals surface area (Å²) >= 11 is 0. The molecule has 0 spiro atoms. The van der Waals surface area contributed by atoms with E-state index in [0.29, 0.717) is 5.56 Å². The number of alkyl halides is 3. The highest BCUT2D eigenvalue weighted by molar-refractivity contribution is 6.21. The maximum Gasteiger partial charge on any atom is 0.468 e. The molecular formula is C38H33F3N2O8. The van der Waals surface area contributed by atoms with Crippen LogP contribution in [0.3, 0.4) is 0 Å². The number of hydrogen-bond acceptors (Lipinski definition) is 9. The molecule has 13 heteroatoms. The van der Waals surface area contributed by atoms with E-state index in [-0.39, 0.29) is 36.6 Å². The minimum Gasteiger partial charge on any atom is -0.457 e. The smallest absolute Gasteiger partial charge is 0.457 e. The van der Waals surface area contributed by atoms with E-state index in [2.05, 4.69) is 4.99 Å². The molecule has 2 heterocycles. The zero-order chi connectivity index (χ0) is 36.0. The van der Waals surface area contributed by atoms with Crippen molar-refractivity contribution in [3.63, 3.8) is 0 Å². The first kappa shape index (κ1) is 35.5. The summed E-state index contributed by atoms with van der Waals surface area (Å²) in [5.74, 6) is -4.11. The molecule has 4 aromatic rings. The lowest BCUT2D eigenvalue weighted by molar-refractivity contribution is -0.279. The Balaban J connectivity index is 1.44. The van der Waals surface area contributed by atoms with Gasteiger partial charge in [-0.05, 0) is 35.4 Å². The van der Waals surface area contributed by atoms with Crippen LogP contribution in [0.15, 0.2) is 120 Å². The minimum atomic E-state index is -5.14. The Morgan fingerprint density at radius 3 is 1.82 bits per heavy atom. The molecule has 10 nitrogen and oxygen atoms in total. The van der Waals surface area contributed by atoms with Crippen LogP contribution in [0, 0.1) is 0 Å². The third kappa shape index (κ3) is 8.34. The molecule has 2 aliphatic rings. The summed E-state index contributed by atoms with van der Waals surface area (Å²) in [6.07, 6.45) is -11.3. The number of imide groups is 1. The summed E-state index contributed by atoms with van der Waals surface area (Å²) < 4.78 is 73.7. The zero-order valence-electron chi connectivity index (χ0n) is 27.3. The van der Waals surface area contributed by atoms with Gasteiger partial charge in [0.05, 0.1) is 36.6 Å². The zero-order valence-corrected chi connectivity index (χ0v) is 27.3. The molecule has 0 radical (unpaired) electrons. The molecule has 0 unspecified atom stereocenters. The van der Waals surface area contributed by atoms with Crippen LogP contribution in [0.1, 0.15) is 38.8 Å². The van der Waals surface area contributed by atoms with Crippen molar-refractivity contribution in [2.45, 2.75) is 57.0 Å². The second-order valence-corrected chi connectivity index (χ2v) is 11.8. The highest BCUT2D eigenvalue weighted by atomic mass is 19.4. The molecule has 2 amide bonds. The summed E-state index contributed by atoms with van der Waals surface area (Å²) in [6.45, 7) is 0.783. The fourth-order valence-electron chi connectivity index (χ4n) is 5.92. The van der Waals surface area contributed by atoms with Gasteiger partial charge in [-0.2, -0.15) is 13.2 Å². The van der Waals surface area contributed by atoms with Gasteiger partial charge in [-0.3, -0.25) is 19.3 Å². The summed E-state index contributed by atoms with van der Waals surface area (Å²) in [6, 6.07) is 29.5. The number of benzene rings is 4. The number of carbonyl (C=O) groups excluding carboxylic acids is 3. The van der Waals surface area contributed by atoms with Gasteiger partial charge in [0.2, 0.25) is 6.29 Å². The van der Waals surface area contributed by atoms with Gasteiger partial charge in [0, 0.05) is 6.92 Å². The van der Waals surface area contributed by atoms with E-state index >= 15 is 0 Å². The first-order chi connectivity index (χ1) is 24.6. The van der Waals surface area contributed by atoms with Crippen molar-refractivity contribution in [1.29, 1.82) is 0 Å². The molecule has 264 valence electrons. The largest absolute Gasteiger partial charge is 0.468 e. The van der Waals surface area contributed by atoms with Crippen LogP contribution < -0.4 is 0 Å². The molecular weight excluding hydrogens is 669 g/mol. The first-order valence-corrected chi connectivity index (χ1v) is 16.0. The van der Waals surface area contributed by atoms with Gasteiger partial charge in [-0.25, -0.2) is 4.99 Å². The van der Waals surface area contributed by atoms with Crippen LogP contribution in [0.2, 0.25) is 0 Å². The molecule has 0 bridgehead atoms. The number of carbonyl (C=O) groups is 3. The Bertz CT molecular complexity index is 1820. The molecule has 0 aliphatic carbocycles. The lowest BCUT2D eigenvalue weighted by Gasteiger charge is -2.47. The number of nitrogens with zero attached hydrogens (tertiary/aromatic N) is 2. The van der Waals surface area contributed by atoms with Gasteiger partial charge in [0.25, 0.3) is 17.7 Å². The fourth-order valence-corrected chi connectivity index (χ4v) is 5.92. The van der Waals surface area contributed by atoms with E-state index in [9.17, 15) is 27.6 Å². The van der Waals surface area contributed by atoms with Gasteiger partial charge < -0.3 is 23.7 Å². The van der Waals surface area contributed by atoms with E-state index in [1.165, 1.54) is 36.4 Å². The summed E-state index contributed by atoms with van der Waals surface area (Å²) in [5, 5.41) is 0. The Hall–Kier alpha value is -5.37. The second-order valence-electron chi connectivity index (χ2n) is 11.8. The average Bonchev–Trinajstić information content (AvgIpc) is 3.37. The number of hydrogen-bond donors (Lipinski definition) is 0. The Kier molecular flexibility index (Phi) is 10.9. The minimum absolute atomic E-state index is 0.0226. The van der Waals surface area contributed by atoms with E-state index in [4.69, 9.17) is 23.7 Å². The van der Waals surface area contributed by atoms with Crippen molar-refractivity contribution >= 4 is 29.4 Å². The molecule has 0 N–H and O–H groups in total. The number of rotatable bonds is 11. The van der Waals surface area contributed by atoms with Crippen molar-refractivity contribution in [3.05, 3.63) is 138 Å². The van der Waals surface area contributed by atoms with Gasteiger partial charge in [-0.1, -0.05) is 91.0 Å². The highest BCUT2D eigenvalue weighted by Crippen LogP contribution is 2.37. The lowest BCUT2D eigenvalue weighted by Crippen LogP contribution is -2.67. The predicted octanol–water partition coefficient (Wildman–Crippen LogP) is 6.42. The van der Waals surface area contributed by atoms with Gasteiger partial charge >= 0.3 is 12.1 Å². The highest BCUT2D eigenvalue weighted by Gasteiger charge is 2.58. The molecule has 1 saturated heterocycles. The van der Waals surface area contributed by atoms with Crippen LogP contribution in [0.5, 0.6) is 0 Å². The molecule has 51 heavy (non-hydrogen) atoms. The maximum atomic E-state index is 14.7. The van der Waals surface area contributed by atoms with Crippen LogP contribution in [0.4, 0.5) is 18.9 Å². The third-order valence-corrected chi connectivity index (χ3v) is 8.18. The summed E-state index contributed by atoms with van der Waals surface area (Å²) in [5.41, 5.74) is 1.42. The average molecular weight is 703 g/mol. The van der Waals surface area contributed by atoms with Gasteiger partial charge in [0.1, 0.15) is 18.2 Å². The second kappa shape index (κ2) is 15.7. The van der Waals surface area contributed by atoms with E-state index < -0.39 is 60.5 Å². The summed E-state index contributed by atoms with van der Waals surface area (Å²) in [7, 11) is 0. The van der Waals surface area contributed by atoms with Crippen LogP contribution in [-0.2, 0) is 41.7 Å². The molecule has 2 aliphatic heterocycles. The number of esters is 1. The van der Waals surface area contributed by atoms with Crippen LogP contribution in [-0.4, -0.2) is 72.0 Å². The lowest BCUT2D eigenvalue weighted by atomic mass is 9.94. The van der Waals surface area contributed by atoms with Gasteiger partial charge in [-0.15, -0.1) is 0 Å². The number of halogens is 3. The monoisotopic (exact) mass is 702 g/mol. The van der Waals surface area contributed by atoms with Gasteiger partial charge in [0.15, 0.2) is 6.10 Å². The van der Waals surface area contributed by atoms with Crippen LogP contribution in [0.25, 0.3) is 0 Å². The van der Waals surface area contributed by atoms with Crippen molar-refractivity contribution in [3.8, 4) is 0 Å². The number of para-hydroxylation sites is 1. The predicted molar refractivity (Wildman–Crippen MR) is 177 cm³/mol. The summed E-state index contributed by atoms with van der Waals surface area (Å²) in [4.78, 5) is 44.9. The molecule has 6 rings (SSSR count). The molecule has 0 aromatic heterocycles. The Morgan fingerprint density at radius 2 is 1.27 bits per heavy atom. The fraction of sp³-hybridized carbons (Fsp3) is 0.263. The van der Waals surface area contributed by atoms with E-state index in [1.807, 2.05) is 30.3 Å². The first-order valence-electron chi connectivity index (χ1n) is 16.0. The third-order valence-electron chi connectivity index (χ3n) is 8.18. The number of amides is 2. The number of aliphatic imine (C=N–C) groups is 1. The molecule has 5 atom stereocenters. The molecule has 4 aromatic carbocycles.